The van der Waals surface area contributed by atoms with E-state index in [-0.39, 0.29) is 10.5 Å². The lowest BCUT2D eigenvalue weighted by atomic mass is 9.92. The monoisotopic (exact) mass is 432 g/mol. The van der Waals surface area contributed by atoms with Crippen LogP contribution in [0.2, 0.25) is 0 Å². The number of H-pyrrole nitrogens is 1. The number of nitrogens with one attached hydrogen (secondary N) is 2. The van der Waals surface area contributed by atoms with Crippen LogP contribution in [0, 0.1) is 6.92 Å². The summed E-state index contributed by atoms with van der Waals surface area (Å²) in [6.45, 7) is 1.66. The van der Waals surface area contributed by atoms with E-state index in [9.17, 15) is 18.0 Å². The van der Waals surface area contributed by atoms with Crippen molar-refractivity contribution in [3.63, 3.8) is 0 Å². The Balaban J connectivity index is 1.58. The molecule has 1 aromatic heterocycles. The zero-order valence-electron chi connectivity index (χ0n) is 16.7. The standard InChI is InChI=1S/C24H20N2O4S/c1-16-6-2-5-9-23(16)31(29,30)26-24(28)18-12-10-17(11-13-18)21(15-27)20-14-25-22-8-4-3-7-19(20)22/h2-15,21,25H,1H3,(H,26,28). The predicted octanol–water partition coefficient (Wildman–Crippen LogP) is 3.93. The number of aldehydes is 1. The molecule has 4 aromatic rings. The fraction of sp³-hybridized carbons (Fsp3) is 0.0833. The van der Waals surface area contributed by atoms with Gasteiger partial charge >= 0.3 is 0 Å². The highest BCUT2D eigenvalue weighted by atomic mass is 32.2. The Labute approximate surface area is 180 Å². The highest BCUT2D eigenvalue weighted by Crippen LogP contribution is 2.29. The van der Waals surface area contributed by atoms with Crippen molar-refractivity contribution in [2.24, 2.45) is 0 Å². The number of aromatic amines is 1. The van der Waals surface area contributed by atoms with E-state index in [0.717, 1.165) is 22.8 Å². The minimum absolute atomic E-state index is 0.0559. The van der Waals surface area contributed by atoms with E-state index in [1.807, 2.05) is 24.3 Å². The largest absolute Gasteiger partial charge is 0.361 e. The molecule has 0 radical (unpaired) electrons. The number of rotatable bonds is 6. The van der Waals surface area contributed by atoms with Crippen molar-refractivity contribution in [3.8, 4) is 0 Å². The van der Waals surface area contributed by atoms with Gasteiger partial charge in [-0.1, -0.05) is 48.5 Å². The van der Waals surface area contributed by atoms with Crippen molar-refractivity contribution in [1.29, 1.82) is 0 Å². The number of amides is 1. The average Bonchev–Trinajstić information content (AvgIpc) is 3.19. The van der Waals surface area contributed by atoms with E-state index in [1.54, 1.807) is 43.5 Å². The Morgan fingerprint density at radius 3 is 2.35 bits per heavy atom. The summed E-state index contributed by atoms with van der Waals surface area (Å²) >= 11 is 0. The molecule has 1 heterocycles. The molecule has 1 atom stereocenters. The molecule has 0 bridgehead atoms. The summed E-state index contributed by atoms with van der Waals surface area (Å²) in [6, 6.07) is 20.5. The first-order chi connectivity index (χ1) is 14.9. The second kappa shape index (κ2) is 8.20. The SMILES string of the molecule is Cc1ccccc1S(=O)(=O)NC(=O)c1ccc(C(C=O)c2c[nH]c3ccccc23)cc1. The Kier molecular flexibility index (Phi) is 5.44. The third kappa shape index (κ3) is 4.00. The number of hydrogen-bond acceptors (Lipinski definition) is 4. The van der Waals surface area contributed by atoms with E-state index in [0.29, 0.717) is 11.1 Å². The molecule has 7 heteroatoms. The van der Waals surface area contributed by atoms with Crippen molar-refractivity contribution in [3.05, 3.63) is 101 Å². The number of carbonyl (C=O) groups is 2. The summed E-state index contributed by atoms with van der Waals surface area (Å²) in [7, 11) is -3.99. The van der Waals surface area contributed by atoms with Crippen LogP contribution in [0.4, 0.5) is 0 Å². The number of carbonyl (C=O) groups excluding carboxylic acids is 2. The lowest BCUT2D eigenvalue weighted by Crippen LogP contribution is -2.31. The molecule has 4 rings (SSSR count). The second-order valence-corrected chi connectivity index (χ2v) is 8.88. The molecule has 1 unspecified atom stereocenters. The molecule has 0 aliphatic carbocycles. The van der Waals surface area contributed by atoms with Crippen molar-refractivity contribution >= 4 is 33.1 Å². The first kappa shape index (κ1) is 20.6. The summed E-state index contributed by atoms with van der Waals surface area (Å²) in [4.78, 5) is 27.6. The Bertz CT molecular complexity index is 1370. The maximum atomic E-state index is 12.6. The van der Waals surface area contributed by atoms with Crippen LogP contribution in [-0.2, 0) is 14.8 Å². The molecule has 0 saturated heterocycles. The van der Waals surface area contributed by atoms with Gasteiger partial charge in [-0.15, -0.1) is 0 Å². The van der Waals surface area contributed by atoms with Gasteiger partial charge in [0.1, 0.15) is 6.29 Å². The number of benzene rings is 3. The summed E-state index contributed by atoms with van der Waals surface area (Å²) in [5.74, 6) is -1.24. The Hall–Kier alpha value is -3.71. The van der Waals surface area contributed by atoms with E-state index in [2.05, 4.69) is 9.71 Å². The van der Waals surface area contributed by atoms with Crippen molar-refractivity contribution in [2.45, 2.75) is 17.7 Å². The molecule has 31 heavy (non-hydrogen) atoms. The third-order valence-corrected chi connectivity index (χ3v) is 6.73. The van der Waals surface area contributed by atoms with E-state index in [4.69, 9.17) is 0 Å². The summed E-state index contributed by atoms with van der Waals surface area (Å²) in [6.07, 6.45) is 2.66. The van der Waals surface area contributed by atoms with Gasteiger partial charge in [-0.3, -0.25) is 4.79 Å². The maximum Gasteiger partial charge on any atom is 0.264 e. The van der Waals surface area contributed by atoms with Crippen molar-refractivity contribution in [2.75, 3.05) is 0 Å². The van der Waals surface area contributed by atoms with Gasteiger partial charge in [0.2, 0.25) is 0 Å². The third-order valence-electron chi connectivity index (χ3n) is 5.23. The minimum Gasteiger partial charge on any atom is -0.361 e. The van der Waals surface area contributed by atoms with Gasteiger partial charge in [0, 0.05) is 22.7 Å². The van der Waals surface area contributed by atoms with Gasteiger partial charge in [0.15, 0.2) is 0 Å². The van der Waals surface area contributed by atoms with Crippen LogP contribution in [0.1, 0.15) is 33.0 Å². The molecule has 0 fully saturated rings. The molecular weight excluding hydrogens is 412 g/mol. The fourth-order valence-electron chi connectivity index (χ4n) is 3.62. The first-order valence-corrected chi connectivity index (χ1v) is 11.1. The first-order valence-electron chi connectivity index (χ1n) is 9.65. The Morgan fingerprint density at radius 1 is 0.968 bits per heavy atom. The molecule has 2 N–H and O–H groups in total. The van der Waals surface area contributed by atoms with Crippen LogP contribution in [0.3, 0.4) is 0 Å². The number of sulfonamides is 1. The van der Waals surface area contributed by atoms with E-state index < -0.39 is 21.8 Å². The van der Waals surface area contributed by atoms with Crippen molar-refractivity contribution in [1.82, 2.24) is 9.71 Å². The predicted molar refractivity (Wildman–Crippen MR) is 118 cm³/mol. The zero-order chi connectivity index (χ0) is 22.0. The minimum atomic E-state index is -3.99. The Morgan fingerprint density at radius 2 is 1.65 bits per heavy atom. The molecule has 0 spiro atoms. The number of fused-ring (bicyclic) bond motifs is 1. The molecule has 3 aromatic carbocycles. The van der Waals surface area contributed by atoms with Crippen LogP contribution < -0.4 is 4.72 Å². The molecule has 6 nitrogen and oxygen atoms in total. The van der Waals surface area contributed by atoms with Gasteiger partial charge in [0.25, 0.3) is 15.9 Å². The topological polar surface area (TPSA) is 96.1 Å². The van der Waals surface area contributed by atoms with Crippen LogP contribution in [0.25, 0.3) is 10.9 Å². The number of para-hydroxylation sites is 1. The normalized spacial score (nSPS) is 12.4. The van der Waals surface area contributed by atoms with Crippen LogP contribution >= 0.6 is 0 Å². The summed E-state index contributed by atoms with van der Waals surface area (Å²) in [5, 5.41) is 0.950. The number of aromatic nitrogens is 1. The lowest BCUT2D eigenvalue weighted by Gasteiger charge is -2.12. The van der Waals surface area contributed by atoms with Gasteiger partial charge < -0.3 is 9.78 Å². The molecule has 0 aliphatic heterocycles. The van der Waals surface area contributed by atoms with E-state index >= 15 is 0 Å². The highest BCUT2D eigenvalue weighted by molar-refractivity contribution is 7.90. The van der Waals surface area contributed by atoms with Crippen LogP contribution in [-0.4, -0.2) is 25.6 Å². The highest BCUT2D eigenvalue weighted by Gasteiger charge is 2.21. The van der Waals surface area contributed by atoms with Gasteiger partial charge in [-0.2, -0.15) is 0 Å². The van der Waals surface area contributed by atoms with Gasteiger partial charge in [-0.25, -0.2) is 13.1 Å². The lowest BCUT2D eigenvalue weighted by molar-refractivity contribution is -0.108. The smallest absolute Gasteiger partial charge is 0.264 e. The second-order valence-electron chi connectivity index (χ2n) is 7.23. The molecule has 0 aliphatic rings. The van der Waals surface area contributed by atoms with E-state index in [1.165, 1.54) is 18.2 Å². The van der Waals surface area contributed by atoms with Crippen LogP contribution in [0.5, 0.6) is 0 Å². The molecule has 1 amide bonds. The number of aryl methyl sites for hydroxylation is 1. The molecule has 156 valence electrons. The maximum absolute atomic E-state index is 12.6. The van der Waals surface area contributed by atoms with Gasteiger partial charge in [0.05, 0.1) is 10.8 Å². The van der Waals surface area contributed by atoms with Gasteiger partial charge in [-0.05, 0) is 47.9 Å². The number of hydrogen-bond donors (Lipinski definition) is 2. The summed E-state index contributed by atoms with van der Waals surface area (Å²) < 4.78 is 27.2. The zero-order valence-corrected chi connectivity index (χ0v) is 17.5. The average molecular weight is 433 g/mol. The molecule has 0 saturated carbocycles. The molecular formula is C24H20N2O4S. The summed E-state index contributed by atoms with van der Waals surface area (Å²) in [5.41, 5.74) is 3.21. The fourth-order valence-corrected chi connectivity index (χ4v) is 4.84. The quantitative estimate of drug-likeness (QED) is 0.451. The van der Waals surface area contributed by atoms with Crippen molar-refractivity contribution < 1.29 is 18.0 Å². The van der Waals surface area contributed by atoms with Crippen LogP contribution in [0.15, 0.2) is 83.9 Å².